The van der Waals surface area contributed by atoms with E-state index in [2.05, 4.69) is 10.3 Å². The molecule has 156 valence electrons. The fourth-order valence-electron chi connectivity index (χ4n) is 3.60. The molecular formula is C21H27N3O5. The minimum atomic E-state index is -0.435. The van der Waals surface area contributed by atoms with Crippen LogP contribution in [0.5, 0.6) is 0 Å². The number of amides is 2. The van der Waals surface area contributed by atoms with Gasteiger partial charge in [-0.2, -0.15) is 0 Å². The van der Waals surface area contributed by atoms with Gasteiger partial charge in [0.2, 0.25) is 0 Å². The predicted molar refractivity (Wildman–Crippen MR) is 106 cm³/mol. The molecule has 0 radical (unpaired) electrons. The lowest BCUT2D eigenvalue weighted by molar-refractivity contribution is 0.0376. The van der Waals surface area contributed by atoms with Crippen molar-refractivity contribution in [3.8, 4) is 0 Å². The third kappa shape index (κ3) is 4.52. The summed E-state index contributed by atoms with van der Waals surface area (Å²) in [5, 5.41) is 3.01. The van der Waals surface area contributed by atoms with Crippen LogP contribution < -0.4 is 5.32 Å². The summed E-state index contributed by atoms with van der Waals surface area (Å²) in [4.78, 5) is 42.1. The van der Waals surface area contributed by atoms with Crippen LogP contribution in [-0.4, -0.2) is 52.9 Å². The predicted octanol–water partition coefficient (Wildman–Crippen LogP) is 2.82. The smallest absolute Gasteiger partial charge is 0.340 e. The number of aromatic nitrogens is 1. The molecule has 8 heteroatoms. The first kappa shape index (κ1) is 20.7. The number of piperidine rings is 1. The summed E-state index contributed by atoms with van der Waals surface area (Å²) in [6.07, 6.45) is 2.55. The number of nitrogens with one attached hydrogen (secondary N) is 2. The standard InChI is InChI=1S/C21H27N3O5/c1-12(2)29-21(27)17-13(3)18(22-14(17)4)19(25)23-15-7-9-24(10-8-15)20(26)16-6-5-11-28-16/h5-6,11-12,15,22H,7-10H2,1-4H3,(H,23,25). The summed E-state index contributed by atoms with van der Waals surface area (Å²) in [5.41, 5.74) is 1.96. The van der Waals surface area contributed by atoms with Crippen molar-refractivity contribution in [2.24, 2.45) is 0 Å². The van der Waals surface area contributed by atoms with Gasteiger partial charge in [0.05, 0.1) is 17.9 Å². The molecule has 3 rings (SSSR count). The van der Waals surface area contributed by atoms with Crippen molar-refractivity contribution in [3.63, 3.8) is 0 Å². The minimum Gasteiger partial charge on any atom is -0.459 e. The lowest BCUT2D eigenvalue weighted by Crippen LogP contribution is -2.46. The SMILES string of the molecule is Cc1[nH]c(C(=O)NC2CCN(C(=O)c3ccco3)CC2)c(C)c1C(=O)OC(C)C. The fraction of sp³-hybridized carbons (Fsp3) is 0.476. The number of rotatable bonds is 5. The maximum Gasteiger partial charge on any atom is 0.340 e. The minimum absolute atomic E-state index is 0.0442. The molecule has 1 aliphatic heterocycles. The van der Waals surface area contributed by atoms with Gasteiger partial charge >= 0.3 is 5.97 Å². The van der Waals surface area contributed by atoms with Gasteiger partial charge in [-0.05, 0) is 58.2 Å². The Morgan fingerprint density at radius 1 is 1.24 bits per heavy atom. The van der Waals surface area contributed by atoms with Crippen molar-refractivity contribution >= 4 is 17.8 Å². The van der Waals surface area contributed by atoms with Crippen LogP contribution in [-0.2, 0) is 4.74 Å². The van der Waals surface area contributed by atoms with Crippen molar-refractivity contribution in [2.45, 2.75) is 52.7 Å². The topological polar surface area (TPSA) is 105 Å². The average molecular weight is 401 g/mol. The largest absolute Gasteiger partial charge is 0.459 e. The van der Waals surface area contributed by atoms with E-state index in [1.165, 1.54) is 6.26 Å². The zero-order valence-corrected chi connectivity index (χ0v) is 17.2. The van der Waals surface area contributed by atoms with E-state index in [9.17, 15) is 14.4 Å². The molecule has 0 saturated carbocycles. The molecular weight excluding hydrogens is 374 g/mol. The second-order valence-electron chi connectivity index (χ2n) is 7.60. The van der Waals surface area contributed by atoms with Gasteiger partial charge in [-0.25, -0.2) is 4.79 Å². The van der Waals surface area contributed by atoms with Crippen LogP contribution in [0.2, 0.25) is 0 Å². The Kier molecular flexibility index (Phi) is 6.10. The summed E-state index contributed by atoms with van der Waals surface area (Å²) in [6, 6.07) is 3.29. The van der Waals surface area contributed by atoms with Crippen LogP contribution >= 0.6 is 0 Å². The number of aryl methyl sites for hydroxylation is 1. The number of nitrogens with zero attached hydrogens (tertiary/aromatic N) is 1. The molecule has 2 aromatic rings. The number of likely N-dealkylation sites (tertiary alicyclic amines) is 1. The lowest BCUT2D eigenvalue weighted by atomic mass is 10.0. The maximum absolute atomic E-state index is 12.8. The van der Waals surface area contributed by atoms with Gasteiger partial charge in [0.1, 0.15) is 5.69 Å². The summed E-state index contributed by atoms with van der Waals surface area (Å²) in [6.45, 7) is 8.13. The first-order valence-corrected chi connectivity index (χ1v) is 9.81. The Hall–Kier alpha value is -3.03. The van der Waals surface area contributed by atoms with Crippen molar-refractivity contribution < 1.29 is 23.5 Å². The van der Waals surface area contributed by atoms with Crippen LogP contribution in [0.25, 0.3) is 0 Å². The third-order valence-electron chi connectivity index (χ3n) is 5.06. The van der Waals surface area contributed by atoms with E-state index in [0.29, 0.717) is 54.2 Å². The fourth-order valence-corrected chi connectivity index (χ4v) is 3.60. The van der Waals surface area contributed by atoms with Crippen molar-refractivity contribution in [3.05, 3.63) is 46.7 Å². The molecule has 3 heterocycles. The normalized spacial score (nSPS) is 14.9. The average Bonchev–Trinajstić information content (AvgIpc) is 3.29. The monoisotopic (exact) mass is 401 g/mol. The second-order valence-corrected chi connectivity index (χ2v) is 7.60. The first-order chi connectivity index (χ1) is 13.8. The van der Waals surface area contributed by atoms with E-state index in [-0.39, 0.29) is 24.0 Å². The number of esters is 1. The number of hydrogen-bond acceptors (Lipinski definition) is 5. The summed E-state index contributed by atoms with van der Waals surface area (Å²) < 4.78 is 10.4. The van der Waals surface area contributed by atoms with Gasteiger partial charge in [0, 0.05) is 24.8 Å². The summed E-state index contributed by atoms with van der Waals surface area (Å²) >= 11 is 0. The summed E-state index contributed by atoms with van der Waals surface area (Å²) in [7, 11) is 0. The lowest BCUT2D eigenvalue weighted by Gasteiger charge is -2.31. The zero-order chi connectivity index (χ0) is 21.1. The van der Waals surface area contributed by atoms with Gasteiger partial charge in [-0.1, -0.05) is 0 Å². The van der Waals surface area contributed by atoms with Gasteiger partial charge in [-0.3, -0.25) is 9.59 Å². The van der Waals surface area contributed by atoms with Crippen molar-refractivity contribution in [1.82, 2.24) is 15.2 Å². The van der Waals surface area contributed by atoms with Crippen LogP contribution in [0.15, 0.2) is 22.8 Å². The first-order valence-electron chi connectivity index (χ1n) is 9.81. The molecule has 0 bridgehead atoms. The highest BCUT2D eigenvalue weighted by Crippen LogP contribution is 2.21. The Morgan fingerprint density at radius 3 is 2.52 bits per heavy atom. The molecule has 0 aliphatic carbocycles. The molecule has 0 spiro atoms. The maximum atomic E-state index is 12.8. The highest BCUT2D eigenvalue weighted by atomic mass is 16.5. The number of ether oxygens (including phenoxy) is 1. The zero-order valence-electron chi connectivity index (χ0n) is 17.2. The van der Waals surface area contributed by atoms with Crippen LogP contribution in [0, 0.1) is 13.8 Å². The number of aromatic amines is 1. The van der Waals surface area contributed by atoms with Crippen molar-refractivity contribution in [1.29, 1.82) is 0 Å². The van der Waals surface area contributed by atoms with Gasteiger partial charge < -0.3 is 24.4 Å². The highest BCUT2D eigenvalue weighted by molar-refractivity contribution is 6.00. The number of H-pyrrole nitrogens is 1. The highest BCUT2D eigenvalue weighted by Gasteiger charge is 2.28. The molecule has 0 aromatic carbocycles. The molecule has 29 heavy (non-hydrogen) atoms. The Labute approximate surface area is 169 Å². The molecule has 1 fully saturated rings. The molecule has 1 aliphatic rings. The number of hydrogen-bond donors (Lipinski definition) is 2. The van der Waals surface area contributed by atoms with E-state index in [1.807, 2.05) is 0 Å². The van der Waals surface area contributed by atoms with Gasteiger partial charge in [0.25, 0.3) is 11.8 Å². The Morgan fingerprint density at radius 2 is 1.93 bits per heavy atom. The number of carbonyl (C=O) groups excluding carboxylic acids is 3. The Bertz CT molecular complexity index is 890. The molecule has 0 atom stereocenters. The van der Waals surface area contributed by atoms with E-state index >= 15 is 0 Å². The third-order valence-corrected chi connectivity index (χ3v) is 5.06. The molecule has 8 nitrogen and oxygen atoms in total. The van der Waals surface area contributed by atoms with E-state index in [1.54, 1.807) is 44.7 Å². The van der Waals surface area contributed by atoms with Gasteiger partial charge in [0.15, 0.2) is 5.76 Å². The Balaban J connectivity index is 1.60. The van der Waals surface area contributed by atoms with Crippen LogP contribution in [0.3, 0.4) is 0 Å². The van der Waals surface area contributed by atoms with Crippen LogP contribution in [0.1, 0.15) is 69.3 Å². The molecule has 2 aromatic heterocycles. The molecule has 0 unspecified atom stereocenters. The van der Waals surface area contributed by atoms with E-state index in [0.717, 1.165) is 0 Å². The molecule has 2 amide bonds. The van der Waals surface area contributed by atoms with E-state index < -0.39 is 5.97 Å². The van der Waals surface area contributed by atoms with E-state index in [4.69, 9.17) is 9.15 Å². The number of carbonyl (C=O) groups is 3. The van der Waals surface area contributed by atoms with Gasteiger partial charge in [-0.15, -0.1) is 0 Å². The van der Waals surface area contributed by atoms with Crippen molar-refractivity contribution in [2.75, 3.05) is 13.1 Å². The molecule has 2 N–H and O–H groups in total. The molecule has 1 saturated heterocycles. The van der Waals surface area contributed by atoms with Crippen LogP contribution in [0.4, 0.5) is 0 Å². The quantitative estimate of drug-likeness (QED) is 0.750. The number of furan rings is 1. The second kappa shape index (κ2) is 8.55. The summed E-state index contributed by atoms with van der Waals surface area (Å²) in [5.74, 6) is -0.505.